The molecule has 0 amide bonds. The van der Waals surface area contributed by atoms with E-state index < -0.39 is 0 Å². The Balaban J connectivity index is 2.26. The second kappa shape index (κ2) is 6.45. The van der Waals surface area contributed by atoms with Gasteiger partial charge in [-0.15, -0.1) is 0 Å². The maximum absolute atomic E-state index is 5.65. The molecule has 0 aliphatic carbocycles. The molecule has 1 aromatic carbocycles. The Morgan fingerprint density at radius 1 is 1.20 bits per heavy atom. The zero-order valence-electron chi connectivity index (χ0n) is 12.1. The molecule has 3 N–H and O–H groups in total. The summed E-state index contributed by atoms with van der Waals surface area (Å²) < 4.78 is 5.39. The first-order valence-electron chi connectivity index (χ1n) is 6.52. The van der Waals surface area contributed by atoms with Crippen molar-refractivity contribution in [3.05, 3.63) is 53.1 Å². The molecule has 0 radical (unpaired) electrons. The number of rotatable bonds is 5. The maximum atomic E-state index is 5.65. The molecule has 2 aromatic rings. The van der Waals surface area contributed by atoms with Gasteiger partial charge in [-0.25, -0.2) is 15.4 Å². The van der Waals surface area contributed by atoms with E-state index in [2.05, 4.69) is 28.4 Å². The second-order valence-electron chi connectivity index (χ2n) is 4.86. The first-order valence-corrected chi connectivity index (χ1v) is 6.52. The van der Waals surface area contributed by atoms with Crippen LogP contribution in [0.2, 0.25) is 0 Å². The van der Waals surface area contributed by atoms with Crippen LogP contribution in [0.15, 0.2) is 30.6 Å². The number of nitrogens with two attached hydrogens (primary N) is 1. The van der Waals surface area contributed by atoms with Crippen molar-refractivity contribution in [1.82, 2.24) is 15.4 Å². The molecule has 0 saturated heterocycles. The van der Waals surface area contributed by atoms with Crippen molar-refractivity contribution < 1.29 is 4.74 Å². The molecule has 0 fully saturated rings. The molecule has 20 heavy (non-hydrogen) atoms. The van der Waals surface area contributed by atoms with Crippen molar-refractivity contribution in [3.8, 4) is 5.75 Å². The molecular weight excluding hydrogens is 252 g/mol. The number of ether oxygens (including phenoxy) is 1. The van der Waals surface area contributed by atoms with Gasteiger partial charge in [-0.1, -0.05) is 17.7 Å². The first kappa shape index (κ1) is 14.4. The van der Waals surface area contributed by atoms with Gasteiger partial charge in [0.1, 0.15) is 11.6 Å². The summed E-state index contributed by atoms with van der Waals surface area (Å²) in [5.74, 6) is 7.18. The van der Waals surface area contributed by atoms with Crippen molar-refractivity contribution >= 4 is 0 Å². The normalized spacial score (nSPS) is 12.2. The molecule has 0 bridgehead atoms. The Kier molecular flexibility index (Phi) is 4.65. The van der Waals surface area contributed by atoms with Crippen LogP contribution in [0.1, 0.15) is 28.6 Å². The summed E-state index contributed by atoms with van der Waals surface area (Å²) in [4.78, 5) is 8.66. The van der Waals surface area contributed by atoms with Crippen LogP contribution < -0.4 is 16.0 Å². The number of hydrogen-bond acceptors (Lipinski definition) is 5. The smallest absolute Gasteiger partial charge is 0.146 e. The minimum Gasteiger partial charge on any atom is -0.496 e. The number of benzene rings is 1. The number of aryl methyl sites for hydroxylation is 2. The standard InChI is InChI=1S/C15H20N4O/c1-10-4-5-14(20-3)12(6-10)7-13(19-16)15-17-8-11(2)9-18-15/h4-6,8-9,13,19H,7,16H2,1-3H3. The summed E-state index contributed by atoms with van der Waals surface area (Å²) in [5, 5.41) is 0. The average molecular weight is 272 g/mol. The van der Waals surface area contributed by atoms with Gasteiger partial charge in [0.2, 0.25) is 0 Å². The average Bonchev–Trinajstić information content (AvgIpc) is 2.46. The van der Waals surface area contributed by atoms with Gasteiger partial charge in [0.05, 0.1) is 13.2 Å². The summed E-state index contributed by atoms with van der Waals surface area (Å²) in [6.07, 6.45) is 4.25. The summed E-state index contributed by atoms with van der Waals surface area (Å²) in [7, 11) is 1.67. The lowest BCUT2D eigenvalue weighted by Crippen LogP contribution is -2.31. The highest BCUT2D eigenvalue weighted by atomic mass is 16.5. The van der Waals surface area contributed by atoms with Crippen molar-refractivity contribution in [3.63, 3.8) is 0 Å². The molecule has 106 valence electrons. The fraction of sp³-hybridized carbons (Fsp3) is 0.333. The molecule has 5 nitrogen and oxygen atoms in total. The number of nitrogens with zero attached hydrogens (tertiary/aromatic N) is 2. The van der Waals surface area contributed by atoms with Crippen LogP contribution in [0, 0.1) is 13.8 Å². The number of methoxy groups -OCH3 is 1. The first-order chi connectivity index (χ1) is 9.63. The summed E-state index contributed by atoms with van der Waals surface area (Å²) in [5.41, 5.74) is 6.07. The zero-order chi connectivity index (χ0) is 14.5. The van der Waals surface area contributed by atoms with E-state index in [-0.39, 0.29) is 6.04 Å². The maximum Gasteiger partial charge on any atom is 0.146 e. The predicted molar refractivity (Wildman–Crippen MR) is 78.3 cm³/mol. The Morgan fingerprint density at radius 3 is 2.50 bits per heavy atom. The fourth-order valence-electron chi connectivity index (χ4n) is 2.09. The predicted octanol–water partition coefficient (Wildman–Crippen LogP) is 1.85. The quantitative estimate of drug-likeness (QED) is 0.642. The van der Waals surface area contributed by atoms with Crippen LogP contribution >= 0.6 is 0 Å². The lowest BCUT2D eigenvalue weighted by Gasteiger charge is -2.17. The lowest BCUT2D eigenvalue weighted by molar-refractivity contribution is 0.404. The molecular formula is C15H20N4O. The summed E-state index contributed by atoms with van der Waals surface area (Å²) in [6, 6.07) is 5.94. The minimum atomic E-state index is -0.147. The minimum absolute atomic E-state index is 0.147. The Hall–Kier alpha value is -1.98. The lowest BCUT2D eigenvalue weighted by atomic mass is 10.0. The molecule has 5 heteroatoms. The highest BCUT2D eigenvalue weighted by Crippen LogP contribution is 2.24. The van der Waals surface area contributed by atoms with Crippen LogP contribution in [0.3, 0.4) is 0 Å². The van der Waals surface area contributed by atoms with Gasteiger partial charge in [-0.2, -0.15) is 0 Å². The highest BCUT2D eigenvalue weighted by Gasteiger charge is 2.16. The van der Waals surface area contributed by atoms with Gasteiger partial charge in [0.25, 0.3) is 0 Å². The molecule has 1 atom stereocenters. The number of nitrogens with one attached hydrogen (secondary N) is 1. The van der Waals surface area contributed by atoms with E-state index in [4.69, 9.17) is 10.6 Å². The van der Waals surface area contributed by atoms with Crippen LogP contribution in [-0.4, -0.2) is 17.1 Å². The SMILES string of the molecule is COc1ccc(C)cc1CC(NN)c1ncc(C)cn1. The third-order valence-electron chi connectivity index (χ3n) is 3.17. The van der Waals surface area contributed by atoms with Gasteiger partial charge in [-0.3, -0.25) is 5.84 Å². The fourth-order valence-corrected chi connectivity index (χ4v) is 2.09. The topological polar surface area (TPSA) is 73.1 Å². The largest absolute Gasteiger partial charge is 0.496 e. The van der Waals surface area contributed by atoms with Gasteiger partial charge >= 0.3 is 0 Å². The third-order valence-corrected chi connectivity index (χ3v) is 3.17. The van der Waals surface area contributed by atoms with Crippen molar-refractivity contribution in [2.75, 3.05) is 7.11 Å². The molecule has 1 heterocycles. The summed E-state index contributed by atoms with van der Waals surface area (Å²) in [6.45, 7) is 4.01. The van der Waals surface area contributed by atoms with Crippen molar-refractivity contribution in [2.24, 2.45) is 5.84 Å². The molecule has 0 aliphatic heterocycles. The van der Waals surface area contributed by atoms with E-state index in [1.165, 1.54) is 5.56 Å². The molecule has 1 unspecified atom stereocenters. The van der Waals surface area contributed by atoms with Gasteiger partial charge < -0.3 is 4.74 Å². The summed E-state index contributed by atoms with van der Waals surface area (Å²) >= 11 is 0. The van der Waals surface area contributed by atoms with E-state index in [1.54, 1.807) is 19.5 Å². The number of hydrazine groups is 1. The van der Waals surface area contributed by atoms with Gasteiger partial charge in [0, 0.05) is 12.4 Å². The van der Waals surface area contributed by atoms with E-state index in [0.29, 0.717) is 12.2 Å². The van der Waals surface area contributed by atoms with E-state index in [1.807, 2.05) is 19.1 Å². The van der Waals surface area contributed by atoms with Gasteiger partial charge in [0.15, 0.2) is 0 Å². The Labute approximate surface area is 119 Å². The molecule has 2 rings (SSSR count). The van der Waals surface area contributed by atoms with E-state index >= 15 is 0 Å². The van der Waals surface area contributed by atoms with Crippen LogP contribution in [-0.2, 0) is 6.42 Å². The number of aromatic nitrogens is 2. The number of hydrogen-bond donors (Lipinski definition) is 2. The molecule has 0 aliphatic rings. The Bertz CT molecular complexity index is 569. The van der Waals surface area contributed by atoms with E-state index in [9.17, 15) is 0 Å². The third kappa shape index (κ3) is 3.31. The molecule has 0 spiro atoms. The molecule has 0 saturated carbocycles. The van der Waals surface area contributed by atoms with Crippen molar-refractivity contribution in [2.45, 2.75) is 26.3 Å². The van der Waals surface area contributed by atoms with Crippen LogP contribution in [0.4, 0.5) is 0 Å². The van der Waals surface area contributed by atoms with Crippen molar-refractivity contribution in [1.29, 1.82) is 0 Å². The van der Waals surface area contributed by atoms with Crippen LogP contribution in [0.5, 0.6) is 5.75 Å². The van der Waals surface area contributed by atoms with Gasteiger partial charge in [-0.05, 0) is 37.5 Å². The molecule has 1 aromatic heterocycles. The highest BCUT2D eigenvalue weighted by molar-refractivity contribution is 5.37. The monoisotopic (exact) mass is 272 g/mol. The Morgan fingerprint density at radius 2 is 1.90 bits per heavy atom. The van der Waals surface area contributed by atoms with Crippen LogP contribution in [0.25, 0.3) is 0 Å². The zero-order valence-corrected chi connectivity index (χ0v) is 12.1. The van der Waals surface area contributed by atoms with E-state index in [0.717, 1.165) is 16.9 Å². The second-order valence-corrected chi connectivity index (χ2v) is 4.86.